The molecule has 0 aliphatic rings. The van der Waals surface area contributed by atoms with Crippen molar-refractivity contribution in [3.63, 3.8) is 0 Å². The van der Waals surface area contributed by atoms with Gasteiger partial charge in [0, 0.05) is 6.42 Å². The van der Waals surface area contributed by atoms with Crippen LogP contribution in [0.25, 0.3) is 0 Å². The number of nitrogens with one attached hydrogen (secondary N) is 1. The second kappa shape index (κ2) is 16.3. The van der Waals surface area contributed by atoms with Gasteiger partial charge in [-0.15, -0.1) is 0 Å². The highest BCUT2D eigenvalue weighted by Gasteiger charge is 2.08. The van der Waals surface area contributed by atoms with Crippen LogP contribution in [0.5, 0.6) is 0 Å². The van der Waals surface area contributed by atoms with Crippen LogP contribution >= 0.6 is 0 Å². The normalized spacial score (nSPS) is 10.6. The van der Waals surface area contributed by atoms with Gasteiger partial charge >= 0.3 is 5.97 Å². The summed E-state index contributed by atoms with van der Waals surface area (Å²) >= 11 is 0. The molecular weight excluding hydrogens is 338 g/mol. The van der Waals surface area contributed by atoms with Gasteiger partial charge in [-0.3, -0.25) is 4.79 Å². The lowest BCUT2D eigenvalue weighted by Crippen LogP contribution is -2.26. The molecule has 0 saturated heterocycles. The maximum absolute atomic E-state index is 11.7. The molecule has 0 radical (unpaired) electrons. The van der Waals surface area contributed by atoms with E-state index in [0.717, 1.165) is 12.8 Å². The summed E-state index contributed by atoms with van der Waals surface area (Å²) in [6.07, 6.45) is 17.0. The van der Waals surface area contributed by atoms with Crippen molar-refractivity contribution in [2.24, 2.45) is 0 Å². The number of carbonyl (C=O) groups excluding carboxylic acids is 2. The monoisotopic (exact) mass is 375 g/mol. The summed E-state index contributed by atoms with van der Waals surface area (Å²) in [5, 5.41) is 0. The Morgan fingerprint density at radius 2 is 1.22 bits per heavy atom. The number of amides is 1. The van der Waals surface area contributed by atoms with Gasteiger partial charge in [0.05, 0.1) is 5.56 Å². The van der Waals surface area contributed by atoms with Gasteiger partial charge in [0.25, 0.3) is 5.91 Å². The van der Waals surface area contributed by atoms with Gasteiger partial charge in [0.2, 0.25) is 0 Å². The van der Waals surface area contributed by atoms with E-state index in [1.54, 1.807) is 24.3 Å². The number of unbranched alkanes of at least 4 members (excludes halogenated alkanes) is 12. The fourth-order valence-electron chi connectivity index (χ4n) is 3.09. The van der Waals surface area contributed by atoms with Crippen LogP contribution in [0.15, 0.2) is 30.3 Å². The van der Waals surface area contributed by atoms with Gasteiger partial charge < -0.3 is 4.84 Å². The third kappa shape index (κ3) is 13.0. The molecular formula is C23H37NO3. The predicted octanol–water partition coefficient (Wildman–Crippen LogP) is 6.36. The van der Waals surface area contributed by atoms with Gasteiger partial charge in [0.15, 0.2) is 0 Å². The van der Waals surface area contributed by atoms with E-state index in [0.29, 0.717) is 12.0 Å². The second-order valence-electron chi connectivity index (χ2n) is 7.27. The third-order valence-electron chi connectivity index (χ3n) is 4.77. The number of hydroxylamine groups is 1. The highest BCUT2D eigenvalue weighted by atomic mass is 16.7. The Morgan fingerprint density at radius 1 is 0.741 bits per heavy atom. The molecule has 0 unspecified atom stereocenters. The SMILES string of the molecule is CCCCCCCCCCCCCCCC(=O)NOC(=O)c1ccccc1. The lowest BCUT2D eigenvalue weighted by Gasteiger charge is -2.06. The quantitative estimate of drug-likeness (QED) is 0.287. The second-order valence-corrected chi connectivity index (χ2v) is 7.27. The minimum atomic E-state index is -0.533. The lowest BCUT2D eigenvalue weighted by atomic mass is 10.0. The largest absolute Gasteiger partial charge is 0.362 e. The van der Waals surface area contributed by atoms with Crippen molar-refractivity contribution >= 4 is 11.9 Å². The van der Waals surface area contributed by atoms with E-state index in [-0.39, 0.29) is 5.91 Å². The van der Waals surface area contributed by atoms with Crippen LogP contribution in [-0.2, 0) is 9.63 Å². The molecule has 0 spiro atoms. The first kappa shape index (κ1) is 23.2. The van der Waals surface area contributed by atoms with Crippen LogP contribution in [0, 0.1) is 0 Å². The molecule has 1 aromatic rings. The summed E-state index contributed by atoms with van der Waals surface area (Å²) in [5.74, 6) is -0.767. The van der Waals surface area contributed by atoms with Crippen LogP contribution in [0.4, 0.5) is 0 Å². The molecule has 0 heterocycles. The van der Waals surface area contributed by atoms with Gasteiger partial charge in [-0.25, -0.2) is 4.79 Å². The third-order valence-corrected chi connectivity index (χ3v) is 4.77. The standard InChI is InChI=1S/C23H37NO3/c1-2-3-4-5-6-7-8-9-10-11-12-13-17-20-22(25)24-27-23(26)21-18-15-14-16-19-21/h14-16,18-19H,2-13,17,20H2,1H3,(H,24,25). The summed E-state index contributed by atoms with van der Waals surface area (Å²) in [6, 6.07) is 8.64. The Morgan fingerprint density at radius 3 is 1.74 bits per heavy atom. The van der Waals surface area contributed by atoms with E-state index in [1.165, 1.54) is 70.6 Å². The minimum Gasteiger partial charge on any atom is -0.335 e. The lowest BCUT2D eigenvalue weighted by molar-refractivity contribution is -0.130. The van der Waals surface area contributed by atoms with Crippen LogP contribution in [0.3, 0.4) is 0 Å². The Balaban J connectivity index is 1.86. The molecule has 152 valence electrons. The van der Waals surface area contributed by atoms with Crippen molar-refractivity contribution < 1.29 is 14.4 Å². The molecule has 1 N–H and O–H groups in total. The fraction of sp³-hybridized carbons (Fsp3) is 0.652. The number of carbonyl (C=O) groups is 2. The first-order valence-electron chi connectivity index (χ1n) is 10.8. The molecule has 1 rings (SSSR count). The van der Waals surface area contributed by atoms with Crippen molar-refractivity contribution in [1.29, 1.82) is 0 Å². The summed E-state index contributed by atoms with van der Waals surface area (Å²) in [4.78, 5) is 28.2. The average Bonchev–Trinajstić information content (AvgIpc) is 2.70. The smallest absolute Gasteiger partial charge is 0.335 e. The zero-order chi connectivity index (χ0) is 19.6. The highest BCUT2D eigenvalue weighted by Crippen LogP contribution is 2.13. The van der Waals surface area contributed by atoms with Gasteiger partial charge in [-0.2, -0.15) is 5.48 Å². The Bertz CT molecular complexity index is 502. The molecule has 0 aromatic heterocycles. The predicted molar refractivity (Wildman–Crippen MR) is 110 cm³/mol. The summed E-state index contributed by atoms with van der Waals surface area (Å²) < 4.78 is 0. The van der Waals surface area contributed by atoms with Crippen molar-refractivity contribution in [3.05, 3.63) is 35.9 Å². The number of hydrogen-bond donors (Lipinski definition) is 1. The summed E-state index contributed by atoms with van der Waals surface area (Å²) in [5.41, 5.74) is 2.67. The Labute approximate surface area is 165 Å². The van der Waals surface area contributed by atoms with Gasteiger partial charge in [-0.05, 0) is 18.6 Å². The molecule has 0 bridgehead atoms. The van der Waals surface area contributed by atoms with Crippen molar-refractivity contribution in [1.82, 2.24) is 5.48 Å². The Kier molecular flexibility index (Phi) is 14.0. The topological polar surface area (TPSA) is 55.4 Å². The molecule has 4 nitrogen and oxygen atoms in total. The van der Waals surface area contributed by atoms with Crippen molar-refractivity contribution in [3.8, 4) is 0 Å². The number of rotatable bonds is 15. The molecule has 1 aromatic carbocycles. The van der Waals surface area contributed by atoms with Gasteiger partial charge in [-0.1, -0.05) is 102 Å². The summed E-state index contributed by atoms with van der Waals surface area (Å²) in [7, 11) is 0. The maximum atomic E-state index is 11.7. The fourth-order valence-corrected chi connectivity index (χ4v) is 3.09. The van der Waals surface area contributed by atoms with E-state index < -0.39 is 5.97 Å². The van der Waals surface area contributed by atoms with Gasteiger partial charge in [0.1, 0.15) is 0 Å². The van der Waals surface area contributed by atoms with E-state index in [9.17, 15) is 9.59 Å². The van der Waals surface area contributed by atoms with Crippen LogP contribution in [-0.4, -0.2) is 11.9 Å². The van der Waals surface area contributed by atoms with Crippen molar-refractivity contribution in [2.45, 2.75) is 96.8 Å². The zero-order valence-corrected chi connectivity index (χ0v) is 17.0. The van der Waals surface area contributed by atoms with Crippen LogP contribution < -0.4 is 5.48 Å². The van der Waals surface area contributed by atoms with E-state index in [2.05, 4.69) is 12.4 Å². The van der Waals surface area contributed by atoms with E-state index >= 15 is 0 Å². The average molecular weight is 376 g/mol. The summed E-state index contributed by atoms with van der Waals surface area (Å²) in [6.45, 7) is 2.26. The molecule has 0 fully saturated rings. The van der Waals surface area contributed by atoms with E-state index in [1.807, 2.05) is 6.07 Å². The van der Waals surface area contributed by atoms with Crippen LogP contribution in [0.2, 0.25) is 0 Å². The molecule has 0 aliphatic carbocycles. The molecule has 0 aliphatic heterocycles. The maximum Gasteiger partial charge on any atom is 0.362 e. The molecule has 1 amide bonds. The Hall–Kier alpha value is -1.84. The van der Waals surface area contributed by atoms with Crippen molar-refractivity contribution in [2.75, 3.05) is 0 Å². The number of benzene rings is 1. The van der Waals surface area contributed by atoms with Crippen LogP contribution in [0.1, 0.15) is 107 Å². The number of hydrogen-bond acceptors (Lipinski definition) is 3. The molecule has 4 heteroatoms. The molecule has 0 saturated carbocycles. The highest BCUT2D eigenvalue weighted by molar-refractivity contribution is 5.90. The first-order valence-corrected chi connectivity index (χ1v) is 10.8. The van der Waals surface area contributed by atoms with E-state index in [4.69, 9.17) is 4.84 Å². The first-order chi connectivity index (χ1) is 13.2. The minimum absolute atomic E-state index is 0.234. The zero-order valence-electron chi connectivity index (χ0n) is 17.0. The molecule has 27 heavy (non-hydrogen) atoms. The molecule has 0 atom stereocenters.